The quantitative estimate of drug-likeness (QED) is 0.891. The number of nitrogens with zero attached hydrogens (tertiary/aromatic N) is 1. The van der Waals surface area contributed by atoms with E-state index in [0.29, 0.717) is 5.56 Å². The van der Waals surface area contributed by atoms with E-state index in [1.54, 1.807) is 0 Å². The average Bonchev–Trinajstić information content (AvgIpc) is 2.94. The highest BCUT2D eigenvalue weighted by Crippen LogP contribution is 2.39. The van der Waals surface area contributed by atoms with E-state index in [1.807, 2.05) is 13.8 Å². The summed E-state index contributed by atoms with van der Waals surface area (Å²) in [6.45, 7) is 5.94. The van der Waals surface area contributed by atoms with E-state index in [2.05, 4.69) is 4.90 Å². The normalized spacial score (nSPS) is 18.4. The van der Waals surface area contributed by atoms with Gasteiger partial charge in [0.25, 0.3) is 0 Å². The Labute approximate surface area is 119 Å². The van der Waals surface area contributed by atoms with Crippen molar-refractivity contribution >= 4 is 0 Å². The largest absolute Gasteiger partial charge is 0.386 e. The molecule has 1 fully saturated rings. The summed E-state index contributed by atoms with van der Waals surface area (Å²) in [5.74, 6) is -1.27. The third-order valence-corrected chi connectivity index (χ3v) is 4.67. The molecule has 1 atom stereocenters. The van der Waals surface area contributed by atoms with Crippen LogP contribution in [0.3, 0.4) is 0 Å². The molecule has 1 aliphatic rings. The van der Waals surface area contributed by atoms with Gasteiger partial charge in [-0.05, 0) is 56.5 Å². The number of halogens is 2. The van der Waals surface area contributed by atoms with Gasteiger partial charge in [-0.15, -0.1) is 0 Å². The Kier molecular flexibility index (Phi) is 4.76. The molecule has 4 heteroatoms. The first-order valence-electron chi connectivity index (χ1n) is 7.42. The molecule has 0 spiro atoms. The molecule has 1 saturated heterocycles. The van der Waals surface area contributed by atoms with Gasteiger partial charge in [0.15, 0.2) is 0 Å². The topological polar surface area (TPSA) is 23.5 Å². The smallest absolute Gasteiger partial charge is 0.126 e. The number of benzene rings is 1. The highest BCUT2D eigenvalue weighted by Gasteiger charge is 2.42. The lowest BCUT2D eigenvalue weighted by molar-refractivity contribution is -0.0297. The van der Waals surface area contributed by atoms with Crippen LogP contribution in [0, 0.1) is 11.6 Å². The molecule has 1 N–H and O–H groups in total. The van der Waals surface area contributed by atoms with Gasteiger partial charge in [0.1, 0.15) is 11.6 Å². The Morgan fingerprint density at radius 2 is 1.60 bits per heavy atom. The van der Waals surface area contributed by atoms with Gasteiger partial charge < -0.3 is 5.11 Å². The zero-order valence-electron chi connectivity index (χ0n) is 12.2. The summed E-state index contributed by atoms with van der Waals surface area (Å²) in [6.07, 6.45) is 2.87. The molecule has 0 radical (unpaired) electrons. The molecule has 1 aromatic rings. The fourth-order valence-electron chi connectivity index (χ4n) is 3.46. The van der Waals surface area contributed by atoms with E-state index in [0.717, 1.165) is 44.8 Å². The van der Waals surface area contributed by atoms with E-state index in [-0.39, 0.29) is 0 Å². The second-order valence-electron chi connectivity index (χ2n) is 5.61. The fourth-order valence-corrected chi connectivity index (χ4v) is 3.46. The molecule has 1 aromatic carbocycles. The van der Waals surface area contributed by atoms with Crippen LogP contribution in [-0.4, -0.2) is 28.6 Å². The number of hydrogen-bond acceptors (Lipinski definition) is 2. The van der Waals surface area contributed by atoms with E-state index < -0.39 is 23.3 Å². The van der Waals surface area contributed by atoms with Crippen LogP contribution in [0.5, 0.6) is 0 Å². The van der Waals surface area contributed by atoms with Gasteiger partial charge in [-0.25, -0.2) is 8.78 Å². The summed E-state index contributed by atoms with van der Waals surface area (Å²) in [5.41, 5.74) is -0.102. The summed E-state index contributed by atoms with van der Waals surface area (Å²) >= 11 is 0. The molecule has 20 heavy (non-hydrogen) atoms. The average molecular weight is 283 g/mol. The molecular weight excluding hydrogens is 260 g/mol. The van der Waals surface area contributed by atoms with Crippen molar-refractivity contribution in [2.24, 2.45) is 0 Å². The maximum Gasteiger partial charge on any atom is 0.126 e. The second kappa shape index (κ2) is 6.19. The van der Waals surface area contributed by atoms with Crippen LogP contribution < -0.4 is 0 Å². The third kappa shape index (κ3) is 2.72. The minimum Gasteiger partial charge on any atom is -0.386 e. The van der Waals surface area contributed by atoms with Crippen molar-refractivity contribution in [1.82, 2.24) is 4.90 Å². The molecule has 112 valence electrons. The van der Waals surface area contributed by atoms with Crippen LogP contribution >= 0.6 is 0 Å². The van der Waals surface area contributed by atoms with Crippen LogP contribution in [0.1, 0.15) is 51.2 Å². The number of rotatable bonds is 5. The number of likely N-dealkylation sites (tertiary alicyclic amines) is 1. The molecule has 1 unspecified atom stereocenters. The maximum atomic E-state index is 13.4. The molecule has 0 saturated carbocycles. The highest BCUT2D eigenvalue weighted by molar-refractivity contribution is 5.24. The molecule has 2 rings (SSSR count). The summed E-state index contributed by atoms with van der Waals surface area (Å²) in [5, 5.41) is 10.8. The van der Waals surface area contributed by atoms with Gasteiger partial charge in [-0.2, -0.15) is 0 Å². The monoisotopic (exact) mass is 283 g/mol. The number of hydrogen-bond donors (Lipinski definition) is 1. The van der Waals surface area contributed by atoms with Crippen LogP contribution in [0.2, 0.25) is 0 Å². The lowest BCUT2D eigenvalue weighted by Crippen LogP contribution is -2.51. The Bertz CT molecular complexity index is 434. The molecular formula is C16H23F2NO. The molecule has 1 aliphatic heterocycles. The van der Waals surface area contributed by atoms with Crippen LogP contribution in [0.25, 0.3) is 0 Å². The van der Waals surface area contributed by atoms with Crippen LogP contribution in [0.4, 0.5) is 8.78 Å². The first kappa shape index (κ1) is 15.4. The summed E-state index contributed by atoms with van der Waals surface area (Å²) in [6, 6.07) is 3.32. The standard InChI is InChI=1S/C16H23F2NO/c1-3-16(4-2,19-7-5-6-8-19)15(20)12-9-13(17)11-14(18)10-12/h9-11,15,20H,3-8H2,1-2H3. The van der Waals surface area contributed by atoms with Crippen LogP contribution in [0.15, 0.2) is 18.2 Å². The van der Waals surface area contributed by atoms with E-state index >= 15 is 0 Å². The number of aliphatic hydroxyl groups excluding tert-OH is 1. The maximum absolute atomic E-state index is 13.4. The summed E-state index contributed by atoms with van der Waals surface area (Å²) < 4.78 is 26.8. The van der Waals surface area contributed by atoms with Crippen molar-refractivity contribution in [2.45, 2.75) is 51.2 Å². The van der Waals surface area contributed by atoms with E-state index in [1.165, 1.54) is 12.1 Å². The van der Waals surface area contributed by atoms with Crippen molar-refractivity contribution in [1.29, 1.82) is 0 Å². The molecule has 2 nitrogen and oxygen atoms in total. The fraction of sp³-hybridized carbons (Fsp3) is 0.625. The summed E-state index contributed by atoms with van der Waals surface area (Å²) in [7, 11) is 0. The lowest BCUT2D eigenvalue weighted by Gasteiger charge is -2.44. The van der Waals surface area contributed by atoms with Crippen molar-refractivity contribution in [3.05, 3.63) is 35.4 Å². The molecule has 0 aromatic heterocycles. The van der Waals surface area contributed by atoms with E-state index in [4.69, 9.17) is 0 Å². The van der Waals surface area contributed by atoms with Gasteiger partial charge in [-0.3, -0.25) is 4.90 Å². The first-order valence-corrected chi connectivity index (χ1v) is 7.42. The predicted octanol–water partition coefficient (Wildman–Crippen LogP) is 3.65. The van der Waals surface area contributed by atoms with E-state index in [9.17, 15) is 13.9 Å². The van der Waals surface area contributed by atoms with Crippen molar-refractivity contribution in [2.75, 3.05) is 13.1 Å². The van der Waals surface area contributed by atoms with Gasteiger partial charge in [0, 0.05) is 6.07 Å². The first-order chi connectivity index (χ1) is 9.53. The van der Waals surface area contributed by atoms with Gasteiger partial charge in [0.05, 0.1) is 11.6 Å². The van der Waals surface area contributed by atoms with Crippen molar-refractivity contribution < 1.29 is 13.9 Å². The molecule has 0 aliphatic carbocycles. The molecule has 0 bridgehead atoms. The van der Waals surface area contributed by atoms with Crippen LogP contribution in [-0.2, 0) is 0 Å². The Morgan fingerprint density at radius 1 is 1.10 bits per heavy atom. The van der Waals surface area contributed by atoms with Gasteiger partial charge in [0.2, 0.25) is 0 Å². The summed E-state index contributed by atoms with van der Waals surface area (Å²) in [4.78, 5) is 2.28. The van der Waals surface area contributed by atoms with Gasteiger partial charge >= 0.3 is 0 Å². The minimum atomic E-state index is -0.874. The Morgan fingerprint density at radius 3 is 2.05 bits per heavy atom. The zero-order chi connectivity index (χ0) is 14.8. The molecule has 1 heterocycles. The Balaban J connectivity index is 2.37. The minimum absolute atomic E-state index is 0.332. The zero-order valence-corrected chi connectivity index (χ0v) is 12.2. The predicted molar refractivity (Wildman–Crippen MR) is 75.4 cm³/mol. The highest BCUT2D eigenvalue weighted by atomic mass is 19.1. The molecule has 0 amide bonds. The lowest BCUT2D eigenvalue weighted by atomic mass is 9.81. The second-order valence-corrected chi connectivity index (χ2v) is 5.61. The van der Waals surface area contributed by atoms with Crippen molar-refractivity contribution in [3.8, 4) is 0 Å². The SMILES string of the molecule is CCC(CC)(C(O)c1cc(F)cc(F)c1)N1CCCC1. The Hall–Kier alpha value is -1.00. The van der Waals surface area contributed by atoms with Crippen molar-refractivity contribution in [3.63, 3.8) is 0 Å². The third-order valence-electron chi connectivity index (χ3n) is 4.67. The van der Waals surface area contributed by atoms with Gasteiger partial charge in [-0.1, -0.05) is 13.8 Å². The number of aliphatic hydroxyl groups is 1.